The molecule has 7 nitrogen and oxygen atoms in total. The average Bonchev–Trinajstić information content (AvgIpc) is 3.04. The number of hydrogen-bond donors (Lipinski definition) is 1. The van der Waals surface area contributed by atoms with Crippen LogP contribution in [0.1, 0.15) is 16.9 Å². The van der Waals surface area contributed by atoms with Crippen LogP contribution in [0.2, 0.25) is 0 Å². The van der Waals surface area contributed by atoms with Gasteiger partial charge >= 0.3 is 0 Å². The van der Waals surface area contributed by atoms with Crippen molar-refractivity contribution >= 4 is 33.1 Å². The van der Waals surface area contributed by atoms with E-state index in [1.807, 2.05) is 13.8 Å². The first-order chi connectivity index (χ1) is 14.5. The first-order valence-corrected chi connectivity index (χ1v) is 10.3. The van der Waals surface area contributed by atoms with E-state index in [2.05, 4.69) is 15.3 Å². The maximum absolute atomic E-state index is 12.7. The minimum Gasteiger partial charge on any atom is -0.457 e. The summed E-state index contributed by atoms with van der Waals surface area (Å²) in [5, 5.41) is 3.48. The Labute approximate surface area is 177 Å². The second-order valence-corrected chi connectivity index (χ2v) is 8.02. The van der Waals surface area contributed by atoms with Gasteiger partial charge in [-0.25, -0.2) is 4.98 Å². The second-order valence-electron chi connectivity index (χ2n) is 6.81. The molecule has 1 amide bonds. The molecule has 152 valence electrons. The molecule has 1 N–H and O–H groups in total. The molecule has 4 rings (SSSR count). The molecule has 0 aliphatic rings. The van der Waals surface area contributed by atoms with E-state index in [0.717, 1.165) is 15.3 Å². The number of thiophene rings is 1. The maximum atomic E-state index is 12.7. The number of ether oxygens (including phenoxy) is 1. The minimum atomic E-state index is -0.178. The van der Waals surface area contributed by atoms with E-state index in [-0.39, 0.29) is 24.4 Å². The summed E-state index contributed by atoms with van der Waals surface area (Å²) in [4.78, 5) is 35.2. The summed E-state index contributed by atoms with van der Waals surface area (Å²) in [7, 11) is 0. The molecule has 4 aromatic rings. The number of fused-ring (bicyclic) bond motifs is 1. The van der Waals surface area contributed by atoms with Gasteiger partial charge in [0, 0.05) is 35.9 Å². The first kappa shape index (κ1) is 19.8. The largest absolute Gasteiger partial charge is 0.457 e. The number of aryl methyl sites for hydroxylation is 3. The third-order valence-corrected chi connectivity index (χ3v) is 5.87. The van der Waals surface area contributed by atoms with E-state index in [4.69, 9.17) is 4.74 Å². The Bertz CT molecular complexity index is 1250. The smallest absolute Gasteiger partial charge is 0.262 e. The van der Waals surface area contributed by atoms with E-state index in [9.17, 15) is 9.59 Å². The van der Waals surface area contributed by atoms with Crippen molar-refractivity contribution in [2.45, 2.75) is 26.8 Å². The summed E-state index contributed by atoms with van der Waals surface area (Å²) >= 11 is 1.51. The minimum absolute atomic E-state index is 0.104. The highest BCUT2D eigenvalue weighted by molar-refractivity contribution is 7.18. The van der Waals surface area contributed by atoms with Crippen LogP contribution in [0.5, 0.6) is 11.5 Å². The van der Waals surface area contributed by atoms with Gasteiger partial charge in [-0.05, 0) is 55.8 Å². The number of benzene rings is 1. The number of anilines is 1. The number of amides is 1. The Balaban J connectivity index is 1.37. The molecule has 1 aromatic carbocycles. The normalized spacial score (nSPS) is 10.9. The molecule has 8 heteroatoms. The molecule has 3 heterocycles. The first-order valence-electron chi connectivity index (χ1n) is 9.44. The Morgan fingerprint density at radius 1 is 1.10 bits per heavy atom. The fourth-order valence-electron chi connectivity index (χ4n) is 3.02. The molecule has 3 aromatic heterocycles. The lowest BCUT2D eigenvalue weighted by atomic mass is 10.2. The quantitative estimate of drug-likeness (QED) is 0.503. The van der Waals surface area contributed by atoms with Gasteiger partial charge in [0.05, 0.1) is 11.7 Å². The fraction of sp³-hybridized carbons (Fsp3) is 0.182. The van der Waals surface area contributed by atoms with Crippen LogP contribution >= 0.6 is 11.3 Å². The van der Waals surface area contributed by atoms with Crippen molar-refractivity contribution in [2.24, 2.45) is 0 Å². The number of carbonyl (C=O) groups is 1. The summed E-state index contributed by atoms with van der Waals surface area (Å²) < 4.78 is 7.20. The standard InChI is InChI=1S/C22H20N4O3S/c1-14-15(2)30-21-20(14)22(28)26(13-24-21)12-9-19(27)25-16-3-5-17(6-4-16)29-18-7-10-23-11-8-18/h3-8,10-11,13H,9,12H2,1-2H3,(H,25,27). The molecule has 0 saturated carbocycles. The molecule has 0 aliphatic heterocycles. The number of hydrogen-bond acceptors (Lipinski definition) is 6. The van der Waals surface area contributed by atoms with Gasteiger partial charge in [-0.15, -0.1) is 11.3 Å². The van der Waals surface area contributed by atoms with Gasteiger partial charge in [0.1, 0.15) is 16.3 Å². The summed E-state index contributed by atoms with van der Waals surface area (Å²) in [5.74, 6) is 1.17. The van der Waals surface area contributed by atoms with E-state index in [1.54, 1.807) is 48.8 Å². The Morgan fingerprint density at radius 2 is 1.80 bits per heavy atom. The zero-order valence-corrected chi connectivity index (χ0v) is 17.4. The Hall–Kier alpha value is -3.52. The molecule has 0 saturated heterocycles. The van der Waals surface area contributed by atoms with Gasteiger partial charge in [0.15, 0.2) is 0 Å². The van der Waals surface area contributed by atoms with E-state index >= 15 is 0 Å². The topological polar surface area (TPSA) is 86.1 Å². The van der Waals surface area contributed by atoms with Crippen molar-refractivity contribution in [3.8, 4) is 11.5 Å². The zero-order chi connectivity index (χ0) is 21.1. The Morgan fingerprint density at radius 3 is 2.53 bits per heavy atom. The van der Waals surface area contributed by atoms with Crippen LogP contribution in [-0.2, 0) is 11.3 Å². The van der Waals surface area contributed by atoms with Crippen molar-refractivity contribution in [3.63, 3.8) is 0 Å². The third kappa shape index (κ3) is 4.23. The molecule has 30 heavy (non-hydrogen) atoms. The Kier molecular flexibility index (Phi) is 5.58. The summed E-state index contributed by atoms with van der Waals surface area (Å²) in [6.07, 6.45) is 5.00. The summed E-state index contributed by atoms with van der Waals surface area (Å²) in [6, 6.07) is 10.6. The lowest BCUT2D eigenvalue weighted by Gasteiger charge is -2.09. The summed E-state index contributed by atoms with van der Waals surface area (Å²) in [5.41, 5.74) is 1.51. The molecule has 0 atom stereocenters. The van der Waals surface area contributed by atoms with Crippen LogP contribution in [-0.4, -0.2) is 20.4 Å². The zero-order valence-electron chi connectivity index (χ0n) is 16.6. The van der Waals surface area contributed by atoms with E-state index < -0.39 is 0 Å². The van der Waals surface area contributed by atoms with Crippen molar-refractivity contribution in [3.05, 3.63) is 75.9 Å². The van der Waals surface area contributed by atoms with E-state index in [1.165, 1.54) is 22.2 Å². The number of nitrogens with zero attached hydrogens (tertiary/aromatic N) is 3. The van der Waals surface area contributed by atoms with Gasteiger partial charge in [0.25, 0.3) is 5.56 Å². The predicted octanol–water partition coefficient (Wildman–Crippen LogP) is 4.29. The maximum Gasteiger partial charge on any atom is 0.262 e. The second kappa shape index (κ2) is 8.46. The van der Waals surface area contributed by atoms with Crippen molar-refractivity contribution < 1.29 is 9.53 Å². The highest BCUT2D eigenvalue weighted by Crippen LogP contribution is 2.25. The lowest BCUT2D eigenvalue weighted by molar-refractivity contribution is -0.116. The van der Waals surface area contributed by atoms with Crippen LogP contribution in [0.4, 0.5) is 5.69 Å². The predicted molar refractivity (Wildman–Crippen MR) is 117 cm³/mol. The number of rotatable bonds is 6. The fourth-order valence-corrected chi connectivity index (χ4v) is 4.01. The molecular weight excluding hydrogens is 400 g/mol. The van der Waals surface area contributed by atoms with Gasteiger partial charge in [-0.2, -0.15) is 0 Å². The molecule has 0 spiro atoms. The number of pyridine rings is 1. The molecule has 0 radical (unpaired) electrons. The number of aromatic nitrogens is 3. The highest BCUT2D eigenvalue weighted by Gasteiger charge is 2.13. The van der Waals surface area contributed by atoms with Crippen LogP contribution in [0.3, 0.4) is 0 Å². The van der Waals surface area contributed by atoms with Crippen LogP contribution in [0.15, 0.2) is 59.9 Å². The number of nitrogens with one attached hydrogen (secondary N) is 1. The SMILES string of the molecule is Cc1sc2ncn(CCC(=O)Nc3ccc(Oc4ccncc4)cc3)c(=O)c2c1C. The molecule has 0 aliphatic carbocycles. The van der Waals surface area contributed by atoms with Crippen molar-refractivity contribution in [2.75, 3.05) is 5.32 Å². The van der Waals surface area contributed by atoms with Crippen molar-refractivity contribution in [1.29, 1.82) is 0 Å². The van der Waals surface area contributed by atoms with Gasteiger partial charge in [-0.1, -0.05) is 0 Å². The van der Waals surface area contributed by atoms with Crippen LogP contribution in [0, 0.1) is 13.8 Å². The molecule has 0 unspecified atom stereocenters. The average molecular weight is 420 g/mol. The molecule has 0 fully saturated rings. The van der Waals surface area contributed by atoms with Crippen LogP contribution < -0.4 is 15.6 Å². The van der Waals surface area contributed by atoms with Gasteiger partial charge in [-0.3, -0.25) is 19.1 Å². The van der Waals surface area contributed by atoms with Gasteiger partial charge in [0.2, 0.25) is 5.91 Å². The molecule has 0 bridgehead atoms. The summed E-state index contributed by atoms with van der Waals surface area (Å²) in [6.45, 7) is 4.17. The van der Waals surface area contributed by atoms with Crippen molar-refractivity contribution in [1.82, 2.24) is 14.5 Å². The van der Waals surface area contributed by atoms with Crippen LogP contribution in [0.25, 0.3) is 10.2 Å². The van der Waals surface area contributed by atoms with E-state index in [0.29, 0.717) is 22.6 Å². The highest BCUT2D eigenvalue weighted by atomic mass is 32.1. The monoisotopic (exact) mass is 420 g/mol. The number of carbonyl (C=O) groups excluding carboxylic acids is 1. The molecular formula is C22H20N4O3S. The third-order valence-electron chi connectivity index (χ3n) is 4.76. The lowest BCUT2D eigenvalue weighted by Crippen LogP contribution is -2.23. The van der Waals surface area contributed by atoms with Gasteiger partial charge < -0.3 is 10.1 Å².